The lowest BCUT2D eigenvalue weighted by atomic mass is 10.0. The number of methoxy groups -OCH3 is 2. The van der Waals surface area contributed by atoms with Crippen LogP contribution in [0, 0.1) is 5.92 Å². The van der Waals surface area contributed by atoms with Crippen LogP contribution in [-0.4, -0.2) is 20.3 Å². The molecular formula is C17H27NO2. The fourth-order valence-electron chi connectivity index (χ4n) is 3.22. The van der Waals surface area contributed by atoms with Crippen LogP contribution in [0.1, 0.15) is 51.1 Å². The highest BCUT2D eigenvalue weighted by Gasteiger charge is 2.25. The zero-order valence-electron chi connectivity index (χ0n) is 13.1. The Hall–Kier alpha value is -1.22. The van der Waals surface area contributed by atoms with E-state index >= 15 is 0 Å². The zero-order chi connectivity index (χ0) is 14.5. The van der Waals surface area contributed by atoms with Gasteiger partial charge in [-0.15, -0.1) is 0 Å². The van der Waals surface area contributed by atoms with Crippen LogP contribution in [-0.2, 0) is 0 Å². The maximum atomic E-state index is 5.50. The van der Waals surface area contributed by atoms with Crippen molar-refractivity contribution in [3.05, 3.63) is 23.8 Å². The fourth-order valence-corrected chi connectivity index (χ4v) is 3.22. The van der Waals surface area contributed by atoms with E-state index in [1.165, 1.54) is 31.2 Å². The number of ether oxygens (including phenoxy) is 2. The largest absolute Gasteiger partial charge is 0.497 e. The standard InChI is InChI=1S/C17H27NO2/c1-5-13-6-7-14(10-13)18-12(2)16-9-8-15(19-3)11-17(16)20-4/h8-9,11-14,18H,5-7,10H2,1-4H3. The minimum absolute atomic E-state index is 0.302. The van der Waals surface area contributed by atoms with Crippen LogP contribution in [0.4, 0.5) is 0 Å². The van der Waals surface area contributed by atoms with Gasteiger partial charge in [-0.2, -0.15) is 0 Å². The second-order valence-corrected chi connectivity index (χ2v) is 5.78. The lowest BCUT2D eigenvalue weighted by molar-refractivity contribution is 0.379. The van der Waals surface area contributed by atoms with Crippen molar-refractivity contribution in [3.8, 4) is 11.5 Å². The number of nitrogens with one attached hydrogen (secondary N) is 1. The Balaban J connectivity index is 2.03. The molecule has 3 heteroatoms. The topological polar surface area (TPSA) is 30.5 Å². The van der Waals surface area contributed by atoms with E-state index in [1.807, 2.05) is 12.1 Å². The van der Waals surface area contributed by atoms with Gasteiger partial charge in [0, 0.05) is 23.7 Å². The van der Waals surface area contributed by atoms with E-state index < -0.39 is 0 Å². The number of hydrogen-bond acceptors (Lipinski definition) is 3. The Kier molecular flexibility index (Phi) is 5.30. The molecule has 112 valence electrons. The van der Waals surface area contributed by atoms with E-state index in [0.717, 1.165) is 17.4 Å². The maximum Gasteiger partial charge on any atom is 0.127 e. The lowest BCUT2D eigenvalue weighted by Gasteiger charge is -2.22. The van der Waals surface area contributed by atoms with Crippen LogP contribution in [0.5, 0.6) is 11.5 Å². The molecule has 0 aromatic heterocycles. The predicted octanol–water partition coefficient (Wildman–Crippen LogP) is 3.93. The smallest absolute Gasteiger partial charge is 0.127 e. The molecule has 0 heterocycles. The van der Waals surface area contributed by atoms with E-state index in [0.29, 0.717) is 12.1 Å². The van der Waals surface area contributed by atoms with Crippen LogP contribution in [0.25, 0.3) is 0 Å². The highest BCUT2D eigenvalue weighted by molar-refractivity contribution is 5.42. The van der Waals surface area contributed by atoms with Gasteiger partial charge >= 0.3 is 0 Å². The van der Waals surface area contributed by atoms with E-state index in [2.05, 4.69) is 25.2 Å². The zero-order valence-corrected chi connectivity index (χ0v) is 13.1. The molecule has 20 heavy (non-hydrogen) atoms. The summed E-state index contributed by atoms with van der Waals surface area (Å²) in [6.45, 7) is 4.51. The summed E-state index contributed by atoms with van der Waals surface area (Å²) in [6.07, 6.45) is 5.26. The molecule has 3 atom stereocenters. The minimum atomic E-state index is 0.302. The van der Waals surface area contributed by atoms with Gasteiger partial charge in [0.15, 0.2) is 0 Å². The van der Waals surface area contributed by atoms with Gasteiger partial charge in [0.25, 0.3) is 0 Å². The van der Waals surface area contributed by atoms with Crippen molar-refractivity contribution >= 4 is 0 Å². The number of hydrogen-bond donors (Lipinski definition) is 1. The second-order valence-electron chi connectivity index (χ2n) is 5.78. The quantitative estimate of drug-likeness (QED) is 0.854. The van der Waals surface area contributed by atoms with Crippen LogP contribution in [0.2, 0.25) is 0 Å². The van der Waals surface area contributed by atoms with Crippen molar-refractivity contribution < 1.29 is 9.47 Å². The molecule has 1 aromatic rings. The van der Waals surface area contributed by atoms with E-state index in [-0.39, 0.29) is 0 Å². The molecule has 1 fully saturated rings. The third-order valence-corrected chi connectivity index (χ3v) is 4.51. The molecule has 3 nitrogen and oxygen atoms in total. The summed E-state index contributed by atoms with van der Waals surface area (Å²) in [6, 6.07) is 7.00. The predicted molar refractivity (Wildman–Crippen MR) is 82.5 cm³/mol. The first-order valence-corrected chi connectivity index (χ1v) is 7.65. The third kappa shape index (κ3) is 3.45. The van der Waals surface area contributed by atoms with E-state index in [1.54, 1.807) is 14.2 Å². The second kappa shape index (κ2) is 6.98. The fraction of sp³-hybridized carbons (Fsp3) is 0.647. The number of rotatable bonds is 6. The lowest BCUT2D eigenvalue weighted by Crippen LogP contribution is -2.29. The molecular weight excluding hydrogens is 250 g/mol. The van der Waals surface area contributed by atoms with Crippen LogP contribution in [0.3, 0.4) is 0 Å². The maximum absolute atomic E-state index is 5.50. The molecule has 1 aliphatic carbocycles. The van der Waals surface area contributed by atoms with Gasteiger partial charge in [-0.05, 0) is 38.2 Å². The Morgan fingerprint density at radius 2 is 2.05 bits per heavy atom. The molecule has 0 spiro atoms. The highest BCUT2D eigenvalue weighted by Crippen LogP contribution is 2.33. The Bertz CT molecular complexity index is 433. The van der Waals surface area contributed by atoms with Crippen molar-refractivity contribution in [2.75, 3.05) is 14.2 Å². The molecule has 0 aliphatic heterocycles. The van der Waals surface area contributed by atoms with E-state index in [9.17, 15) is 0 Å². The van der Waals surface area contributed by atoms with Crippen molar-refractivity contribution in [2.45, 2.75) is 51.6 Å². The summed E-state index contributed by atoms with van der Waals surface area (Å²) >= 11 is 0. The molecule has 3 unspecified atom stereocenters. The summed E-state index contributed by atoms with van der Waals surface area (Å²) in [5.74, 6) is 2.64. The first-order chi connectivity index (χ1) is 9.67. The van der Waals surface area contributed by atoms with Crippen molar-refractivity contribution in [1.29, 1.82) is 0 Å². The van der Waals surface area contributed by atoms with Gasteiger partial charge in [-0.25, -0.2) is 0 Å². The molecule has 1 N–H and O–H groups in total. The van der Waals surface area contributed by atoms with Crippen molar-refractivity contribution in [1.82, 2.24) is 5.32 Å². The molecule has 0 radical (unpaired) electrons. The van der Waals surface area contributed by atoms with Gasteiger partial charge in [0.1, 0.15) is 11.5 Å². The Labute approximate surface area is 122 Å². The highest BCUT2D eigenvalue weighted by atomic mass is 16.5. The molecule has 2 rings (SSSR count). The van der Waals surface area contributed by atoms with Gasteiger partial charge in [0.05, 0.1) is 14.2 Å². The molecule has 1 saturated carbocycles. The molecule has 1 aliphatic rings. The molecule has 0 bridgehead atoms. The van der Waals surface area contributed by atoms with E-state index in [4.69, 9.17) is 9.47 Å². The Morgan fingerprint density at radius 3 is 2.65 bits per heavy atom. The van der Waals surface area contributed by atoms with Crippen LogP contribution in [0.15, 0.2) is 18.2 Å². The average Bonchev–Trinajstić information content (AvgIpc) is 2.94. The van der Waals surface area contributed by atoms with Crippen molar-refractivity contribution in [2.24, 2.45) is 5.92 Å². The molecule has 0 amide bonds. The van der Waals surface area contributed by atoms with Gasteiger partial charge in [-0.3, -0.25) is 0 Å². The average molecular weight is 277 g/mol. The summed E-state index contributed by atoms with van der Waals surface area (Å²) in [7, 11) is 3.40. The van der Waals surface area contributed by atoms with Gasteiger partial charge in [-0.1, -0.05) is 19.4 Å². The van der Waals surface area contributed by atoms with Crippen LogP contribution < -0.4 is 14.8 Å². The number of benzene rings is 1. The SMILES string of the molecule is CCC1CCC(NC(C)c2ccc(OC)cc2OC)C1. The molecule has 0 saturated heterocycles. The van der Waals surface area contributed by atoms with Gasteiger partial charge < -0.3 is 14.8 Å². The third-order valence-electron chi connectivity index (χ3n) is 4.51. The first-order valence-electron chi connectivity index (χ1n) is 7.65. The molecule has 1 aromatic carbocycles. The normalized spacial score (nSPS) is 23.6. The van der Waals surface area contributed by atoms with Gasteiger partial charge in [0.2, 0.25) is 0 Å². The van der Waals surface area contributed by atoms with Crippen LogP contribution >= 0.6 is 0 Å². The summed E-state index contributed by atoms with van der Waals surface area (Å²) in [5.41, 5.74) is 1.20. The summed E-state index contributed by atoms with van der Waals surface area (Å²) < 4.78 is 10.7. The summed E-state index contributed by atoms with van der Waals surface area (Å²) in [5, 5.41) is 3.75. The minimum Gasteiger partial charge on any atom is -0.497 e. The van der Waals surface area contributed by atoms with Crippen molar-refractivity contribution in [3.63, 3.8) is 0 Å². The monoisotopic (exact) mass is 277 g/mol. The first kappa shape index (κ1) is 15.2. The Morgan fingerprint density at radius 1 is 1.25 bits per heavy atom. The summed E-state index contributed by atoms with van der Waals surface area (Å²) in [4.78, 5) is 0.